The van der Waals surface area contributed by atoms with E-state index < -0.39 is 0 Å². The van der Waals surface area contributed by atoms with E-state index >= 15 is 0 Å². The van der Waals surface area contributed by atoms with Crippen LogP contribution in [-0.2, 0) is 6.42 Å². The molecule has 1 aliphatic carbocycles. The smallest absolute Gasteiger partial charge is 0.150 e. The Balaban J connectivity index is 1.92. The van der Waals surface area contributed by atoms with Gasteiger partial charge in [0.2, 0.25) is 0 Å². The first-order chi connectivity index (χ1) is 10.3. The van der Waals surface area contributed by atoms with Crippen LogP contribution in [0.5, 0.6) is 0 Å². The number of carbonyl (C=O) groups excluding carboxylic acids is 1. The van der Waals surface area contributed by atoms with Gasteiger partial charge in [-0.25, -0.2) is 0 Å². The molecule has 3 nitrogen and oxygen atoms in total. The van der Waals surface area contributed by atoms with Gasteiger partial charge in [-0.15, -0.1) is 0 Å². The SMILES string of the molecule is CCCN(CCC)C1Cc2c(C=O)ccc3c2C(CN3)C1. The molecule has 1 N–H and O–H groups in total. The Kier molecular flexibility index (Phi) is 4.29. The molecule has 0 spiro atoms. The standard InChI is InChI=1S/C18H26N2O/c1-3-7-20(8-4-2)15-9-14-11-19-17-6-5-13(12-21)16(10-15)18(14)17/h5-6,12,14-15,19H,3-4,7-11H2,1-2H3. The Labute approximate surface area is 127 Å². The predicted octanol–water partition coefficient (Wildman–Crippen LogP) is 3.45. The largest absolute Gasteiger partial charge is 0.384 e. The summed E-state index contributed by atoms with van der Waals surface area (Å²) in [5.41, 5.74) is 4.91. The molecule has 3 rings (SSSR count). The van der Waals surface area contributed by atoms with Crippen molar-refractivity contribution < 1.29 is 4.79 Å². The maximum atomic E-state index is 11.4. The van der Waals surface area contributed by atoms with Gasteiger partial charge in [0.15, 0.2) is 0 Å². The van der Waals surface area contributed by atoms with Gasteiger partial charge in [-0.3, -0.25) is 4.79 Å². The van der Waals surface area contributed by atoms with Crippen molar-refractivity contribution in [3.63, 3.8) is 0 Å². The third-order valence-electron chi connectivity index (χ3n) is 5.00. The van der Waals surface area contributed by atoms with Gasteiger partial charge >= 0.3 is 0 Å². The van der Waals surface area contributed by atoms with Crippen molar-refractivity contribution in [1.29, 1.82) is 0 Å². The molecule has 1 aromatic rings. The Morgan fingerprint density at radius 2 is 2.05 bits per heavy atom. The van der Waals surface area contributed by atoms with E-state index in [-0.39, 0.29) is 0 Å². The molecule has 0 radical (unpaired) electrons. The van der Waals surface area contributed by atoms with E-state index in [1.807, 2.05) is 6.07 Å². The number of aldehydes is 1. The van der Waals surface area contributed by atoms with Crippen molar-refractivity contribution in [2.75, 3.05) is 25.0 Å². The molecule has 2 unspecified atom stereocenters. The minimum atomic E-state index is 0.588. The monoisotopic (exact) mass is 286 g/mol. The maximum absolute atomic E-state index is 11.4. The van der Waals surface area contributed by atoms with Gasteiger partial charge in [-0.05, 0) is 62.0 Å². The second-order valence-electron chi connectivity index (χ2n) is 6.42. The zero-order valence-electron chi connectivity index (χ0n) is 13.2. The van der Waals surface area contributed by atoms with Crippen molar-refractivity contribution in [2.24, 2.45) is 0 Å². The van der Waals surface area contributed by atoms with Gasteiger partial charge in [-0.1, -0.05) is 13.8 Å². The highest BCUT2D eigenvalue weighted by molar-refractivity contribution is 5.81. The molecule has 0 amide bonds. The Hall–Kier alpha value is -1.35. The predicted molar refractivity (Wildman–Crippen MR) is 87.3 cm³/mol. The first-order valence-electron chi connectivity index (χ1n) is 8.37. The van der Waals surface area contributed by atoms with Crippen LogP contribution in [0.25, 0.3) is 0 Å². The number of rotatable bonds is 6. The number of hydrogen-bond acceptors (Lipinski definition) is 3. The van der Waals surface area contributed by atoms with Crippen LogP contribution >= 0.6 is 0 Å². The summed E-state index contributed by atoms with van der Waals surface area (Å²) < 4.78 is 0. The Morgan fingerprint density at radius 3 is 2.71 bits per heavy atom. The second-order valence-corrected chi connectivity index (χ2v) is 6.42. The zero-order valence-corrected chi connectivity index (χ0v) is 13.2. The van der Waals surface area contributed by atoms with Crippen LogP contribution in [0.4, 0.5) is 5.69 Å². The first kappa shape index (κ1) is 14.6. The van der Waals surface area contributed by atoms with Crippen LogP contribution in [0, 0.1) is 0 Å². The number of carbonyl (C=O) groups is 1. The van der Waals surface area contributed by atoms with Gasteiger partial charge in [0, 0.05) is 29.8 Å². The molecule has 0 aromatic heterocycles. The van der Waals surface area contributed by atoms with Crippen LogP contribution < -0.4 is 5.32 Å². The molecular weight excluding hydrogens is 260 g/mol. The number of anilines is 1. The van der Waals surface area contributed by atoms with Crippen molar-refractivity contribution in [1.82, 2.24) is 4.90 Å². The molecular formula is C18H26N2O. The quantitative estimate of drug-likeness (QED) is 0.813. The highest BCUT2D eigenvalue weighted by atomic mass is 16.1. The van der Waals surface area contributed by atoms with E-state index in [0.29, 0.717) is 12.0 Å². The molecule has 1 heterocycles. The molecule has 0 bridgehead atoms. The summed E-state index contributed by atoms with van der Waals surface area (Å²) in [6.45, 7) is 7.89. The van der Waals surface area contributed by atoms with E-state index in [1.165, 1.54) is 49.2 Å². The lowest BCUT2D eigenvalue weighted by Crippen LogP contribution is -2.41. The summed E-state index contributed by atoms with van der Waals surface area (Å²) >= 11 is 0. The molecule has 1 aromatic carbocycles. The molecule has 0 saturated carbocycles. The minimum absolute atomic E-state index is 0.588. The third-order valence-corrected chi connectivity index (χ3v) is 5.00. The summed E-state index contributed by atoms with van der Waals surface area (Å²) in [5.74, 6) is 0.588. The average molecular weight is 286 g/mol. The fourth-order valence-electron chi connectivity index (χ4n) is 4.15. The molecule has 21 heavy (non-hydrogen) atoms. The van der Waals surface area contributed by atoms with E-state index in [9.17, 15) is 4.79 Å². The van der Waals surface area contributed by atoms with E-state index in [2.05, 4.69) is 30.1 Å². The van der Waals surface area contributed by atoms with Crippen LogP contribution in [0.2, 0.25) is 0 Å². The average Bonchev–Trinajstić information content (AvgIpc) is 2.92. The van der Waals surface area contributed by atoms with Crippen molar-refractivity contribution >= 4 is 12.0 Å². The van der Waals surface area contributed by atoms with Crippen LogP contribution in [-0.4, -0.2) is 36.9 Å². The van der Waals surface area contributed by atoms with Crippen LogP contribution in [0.15, 0.2) is 12.1 Å². The van der Waals surface area contributed by atoms with E-state index in [0.717, 1.165) is 24.8 Å². The summed E-state index contributed by atoms with van der Waals surface area (Å²) in [4.78, 5) is 14.1. The second kappa shape index (κ2) is 6.18. The molecule has 1 aliphatic heterocycles. The number of benzene rings is 1. The summed E-state index contributed by atoms with van der Waals surface area (Å²) in [6.07, 6.45) is 5.71. The molecule has 114 valence electrons. The van der Waals surface area contributed by atoms with Gasteiger partial charge in [0.1, 0.15) is 6.29 Å². The third kappa shape index (κ3) is 2.59. The lowest BCUT2D eigenvalue weighted by molar-refractivity contribution is 0.112. The van der Waals surface area contributed by atoms with Crippen molar-refractivity contribution in [3.8, 4) is 0 Å². The van der Waals surface area contributed by atoms with Crippen LogP contribution in [0.1, 0.15) is 60.5 Å². The molecule has 2 atom stereocenters. The lowest BCUT2D eigenvalue weighted by atomic mass is 9.78. The molecule has 3 heteroatoms. The summed E-state index contributed by atoms with van der Waals surface area (Å²) in [6, 6.07) is 4.66. The lowest BCUT2D eigenvalue weighted by Gasteiger charge is -2.37. The minimum Gasteiger partial charge on any atom is -0.384 e. The van der Waals surface area contributed by atoms with E-state index in [1.54, 1.807) is 0 Å². The Morgan fingerprint density at radius 1 is 1.29 bits per heavy atom. The van der Waals surface area contributed by atoms with E-state index in [4.69, 9.17) is 0 Å². The fraction of sp³-hybridized carbons (Fsp3) is 0.611. The highest BCUT2D eigenvalue weighted by Gasteiger charge is 2.35. The van der Waals surface area contributed by atoms with Crippen LogP contribution in [0.3, 0.4) is 0 Å². The van der Waals surface area contributed by atoms with Crippen molar-refractivity contribution in [3.05, 3.63) is 28.8 Å². The normalized spacial score (nSPS) is 23.0. The molecule has 0 fully saturated rings. The topological polar surface area (TPSA) is 32.3 Å². The molecule has 2 aliphatic rings. The van der Waals surface area contributed by atoms with Gasteiger partial charge in [-0.2, -0.15) is 0 Å². The summed E-state index contributed by atoms with van der Waals surface area (Å²) in [7, 11) is 0. The highest BCUT2D eigenvalue weighted by Crippen LogP contribution is 2.43. The number of hydrogen-bond donors (Lipinski definition) is 1. The fourth-order valence-corrected chi connectivity index (χ4v) is 4.15. The number of nitrogens with one attached hydrogen (secondary N) is 1. The summed E-state index contributed by atoms with van der Waals surface area (Å²) in [5, 5.41) is 3.52. The first-order valence-corrected chi connectivity index (χ1v) is 8.37. The van der Waals surface area contributed by atoms with Gasteiger partial charge in [0.25, 0.3) is 0 Å². The van der Waals surface area contributed by atoms with Gasteiger partial charge < -0.3 is 10.2 Å². The maximum Gasteiger partial charge on any atom is 0.150 e. The van der Waals surface area contributed by atoms with Gasteiger partial charge in [0.05, 0.1) is 0 Å². The number of nitrogens with zero attached hydrogens (tertiary/aromatic N) is 1. The van der Waals surface area contributed by atoms with Crippen molar-refractivity contribution in [2.45, 2.75) is 51.5 Å². The molecule has 0 saturated heterocycles. The Bertz CT molecular complexity index is 520. The zero-order chi connectivity index (χ0) is 14.8.